The maximum Gasteiger partial charge on any atom is 0.224 e. The number of fused-ring (bicyclic) bond motifs is 3. The summed E-state index contributed by atoms with van der Waals surface area (Å²) in [4.78, 5) is 17.0. The van der Waals surface area contributed by atoms with Crippen LogP contribution >= 0.6 is 0 Å². The van der Waals surface area contributed by atoms with Crippen LogP contribution in [0.3, 0.4) is 0 Å². The minimum absolute atomic E-state index is 0.0117. The van der Waals surface area contributed by atoms with Crippen molar-refractivity contribution in [1.82, 2.24) is 0 Å². The molecule has 36 heavy (non-hydrogen) atoms. The largest absolute Gasteiger partial charge is 0.493 e. The fourth-order valence-electron chi connectivity index (χ4n) is 5.27. The lowest BCUT2D eigenvalue weighted by Crippen LogP contribution is -2.30. The molecule has 0 fully saturated rings. The van der Waals surface area contributed by atoms with Crippen molar-refractivity contribution in [2.45, 2.75) is 65.0 Å². The van der Waals surface area contributed by atoms with Gasteiger partial charge in [-0.15, -0.1) is 0 Å². The number of carbonyl (C=O) groups is 1. The average Bonchev–Trinajstić information content (AvgIpc) is 3.17. The molecule has 0 aromatic heterocycles. The van der Waals surface area contributed by atoms with Crippen molar-refractivity contribution < 1.29 is 14.3 Å². The molecule has 2 aliphatic heterocycles. The summed E-state index contributed by atoms with van der Waals surface area (Å²) in [5.41, 5.74) is 8.20. The fraction of sp³-hybridized carbons (Fsp3) is 0.355. The molecule has 0 atom stereocenters. The highest BCUT2D eigenvalue weighted by molar-refractivity contribution is 6.16. The lowest BCUT2D eigenvalue weighted by Gasteiger charge is -2.31. The second-order valence-electron chi connectivity index (χ2n) is 11.0. The summed E-state index contributed by atoms with van der Waals surface area (Å²) >= 11 is 0. The van der Waals surface area contributed by atoms with Gasteiger partial charge in [-0.2, -0.15) is 0 Å². The highest BCUT2D eigenvalue weighted by atomic mass is 16.5. The summed E-state index contributed by atoms with van der Waals surface area (Å²) in [5, 5.41) is 2.91. The molecule has 0 saturated heterocycles. The number of rotatable bonds is 5. The Morgan fingerprint density at radius 2 is 1.72 bits per heavy atom. The van der Waals surface area contributed by atoms with Crippen LogP contribution < -0.4 is 14.8 Å². The highest BCUT2D eigenvalue weighted by Gasteiger charge is 2.39. The highest BCUT2D eigenvalue weighted by Crippen LogP contribution is 2.48. The molecule has 3 aromatic rings. The van der Waals surface area contributed by atoms with E-state index in [2.05, 4.69) is 63.3 Å². The predicted octanol–water partition coefficient (Wildman–Crippen LogP) is 6.60. The van der Waals surface area contributed by atoms with Crippen LogP contribution in [-0.2, 0) is 17.6 Å². The van der Waals surface area contributed by atoms with Crippen LogP contribution in [0.4, 0.5) is 5.69 Å². The Kier molecular flexibility index (Phi) is 5.90. The van der Waals surface area contributed by atoms with Crippen LogP contribution in [0.2, 0.25) is 0 Å². The minimum atomic E-state index is -0.292. The van der Waals surface area contributed by atoms with Gasteiger partial charge in [0.1, 0.15) is 5.60 Å². The van der Waals surface area contributed by atoms with E-state index >= 15 is 0 Å². The molecule has 5 heteroatoms. The summed E-state index contributed by atoms with van der Waals surface area (Å²) in [6.45, 7) is 10.5. The van der Waals surface area contributed by atoms with Crippen LogP contribution in [0.1, 0.15) is 63.3 Å². The quantitative estimate of drug-likeness (QED) is 0.446. The summed E-state index contributed by atoms with van der Waals surface area (Å²) in [6.07, 6.45) is 2.12. The number of nitrogens with one attached hydrogen (secondary N) is 1. The molecule has 0 unspecified atom stereocenters. The van der Waals surface area contributed by atoms with Gasteiger partial charge in [-0.1, -0.05) is 37.3 Å². The Balaban J connectivity index is 1.59. The SMILES string of the molecule is CCC(=O)Nc1ccc(-c2cccc(C3=NC(C)(C)Cc4cc(OC)c5c(c43)CC(C)(C)O5)c2)cc1. The van der Waals surface area contributed by atoms with Crippen molar-refractivity contribution in [2.75, 3.05) is 12.4 Å². The van der Waals surface area contributed by atoms with Gasteiger partial charge in [-0.05, 0) is 75.1 Å². The normalized spacial score (nSPS) is 16.9. The number of methoxy groups -OCH3 is 1. The molecule has 0 aliphatic carbocycles. The molecule has 0 radical (unpaired) electrons. The standard InChI is InChI=1S/C31H34N2O3/c1-7-26(34)32-23-13-11-19(12-14-23)20-9-8-10-21(15-20)28-27-22(17-30(2,3)33-28)16-25(35-6)29-24(27)18-31(4,5)36-29/h8-16H,7,17-18H2,1-6H3,(H,32,34). The van der Waals surface area contributed by atoms with Gasteiger partial charge >= 0.3 is 0 Å². The maximum atomic E-state index is 11.7. The minimum Gasteiger partial charge on any atom is -0.493 e. The van der Waals surface area contributed by atoms with Gasteiger partial charge in [-0.25, -0.2) is 0 Å². The molecule has 5 nitrogen and oxygen atoms in total. The molecule has 5 rings (SSSR count). The Hall–Kier alpha value is -3.60. The molecule has 0 spiro atoms. The molecule has 0 bridgehead atoms. The average molecular weight is 483 g/mol. The Morgan fingerprint density at radius 1 is 1.00 bits per heavy atom. The monoisotopic (exact) mass is 482 g/mol. The summed E-state index contributed by atoms with van der Waals surface area (Å²) in [7, 11) is 1.71. The number of carbonyl (C=O) groups excluding carboxylic acids is 1. The predicted molar refractivity (Wildman–Crippen MR) is 146 cm³/mol. The van der Waals surface area contributed by atoms with E-state index in [0.717, 1.165) is 52.4 Å². The van der Waals surface area contributed by atoms with Crippen LogP contribution in [0, 0.1) is 0 Å². The molecular formula is C31H34N2O3. The zero-order valence-corrected chi connectivity index (χ0v) is 22.0. The molecule has 186 valence electrons. The molecular weight excluding hydrogens is 448 g/mol. The van der Waals surface area contributed by atoms with Gasteiger partial charge in [0.15, 0.2) is 11.5 Å². The summed E-state index contributed by atoms with van der Waals surface area (Å²) in [6, 6.07) is 18.7. The Labute approximate surface area is 213 Å². The number of nitrogens with zero attached hydrogens (tertiary/aromatic N) is 1. The number of hydrogen-bond acceptors (Lipinski definition) is 4. The topological polar surface area (TPSA) is 59.9 Å². The molecule has 2 aliphatic rings. The third-order valence-corrected chi connectivity index (χ3v) is 6.86. The van der Waals surface area contributed by atoms with Gasteiger partial charge in [0.2, 0.25) is 5.91 Å². The second kappa shape index (κ2) is 8.81. The van der Waals surface area contributed by atoms with Crippen LogP contribution in [0.15, 0.2) is 59.6 Å². The number of benzene rings is 3. The number of aliphatic imine (C=N–C) groups is 1. The van der Waals surface area contributed by atoms with E-state index in [1.165, 1.54) is 16.7 Å². The van der Waals surface area contributed by atoms with Crippen molar-refractivity contribution >= 4 is 17.3 Å². The first-order chi connectivity index (χ1) is 17.1. The number of anilines is 1. The zero-order valence-electron chi connectivity index (χ0n) is 22.0. The van der Waals surface area contributed by atoms with E-state index in [4.69, 9.17) is 14.5 Å². The third-order valence-electron chi connectivity index (χ3n) is 6.86. The van der Waals surface area contributed by atoms with Crippen molar-refractivity contribution in [2.24, 2.45) is 4.99 Å². The first kappa shape index (κ1) is 24.1. The summed E-state index contributed by atoms with van der Waals surface area (Å²) < 4.78 is 12.1. The molecule has 1 amide bonds. The van der Waals surface area contributed by atoms with Crippen molar-refractivity contribution in [3.63, 3.8) is 0 Å². The van der Waals surface area contributed by atoms with Crippen molar-refractivity contribution in [3.8, 4) is 22.6 Å². The molecule has 3 aromatic carbocycles. The van der Waals surface area contributed by atoms with E-state index in [1.54, 1.807) is 7.11 Å². The second-order valence-corrected chi connectivity index (χ2v) is 11.0. The summed E-state index contributed by atoms with van der Waals surface area (Å²) in [5.74, 6) is 1.66. The third kappa shape index (κ3) is 4.50. The first-order valence-electron chi connectivity index (χ1n) is 12.6. The van der Waals surface area contributed by atoms with E-state index in [9.17, 15) is 4.79 Å². The molecule has 1 N–H and O–H groups in total. The number of amides is 1. The van der Waals surface area contributed by atoms with Crippen molar-refractivity contribution in [1.29, 1.82) is 0 Å². The van der Waals surface area contributed by atoms with Crippen LogP contribution in [-0.4, -0.2) is 29.9 Å². The van der Waals surface area contributed by atoms with Gasteiger partial charge < -0.3 is 14.8 Å². The smallest absolute Gasteiger partial charge is 0.224 e. The van der Waals surface area contributed by atoms with Crippen LogP contribution in [0.25, 0.3) is 11.1 Å². The fourth-order valence-corrected chi connectivity index (χ4v) is 5.27. The lowest BCUT2D eigenvalue weighted by molar-refractivity contribution is -0.115. The molecule has 2 heterocycles. The van der Waals surface area contributed by atoms with E-state index in [-0.39, 0.29) is 17.0 Å². The Morgan fingerprint density at radius 3 is 2.42 bits per heavy atom. The first-order valence-corrected chi connectivity index (χ1v) is 12.6. The maximum absolute atomic E-state index is 11.7. The van der Waals surface area contributed by atoms with E-state index < -0.39 is 0 Å². The van der Waals surface area contributed by atoms with Crippen LogP contribution in [0.5, 0.6) is 11.5 Å². The van der Waals surface area contributed by atoms with Gasteiger partial charge in [0.25, 0.3) is 0 Å². The van der Waals surface area contributed by atoms with Crippen molar-refractivity contribution in [3.05, 3.63) is 76.9 Å². The number of hydrogen-bond donors (Lipinski definition) is 1. The van der Waals surface area contributed by atoms with E-state index in [1.807, 2.05) is 31.2 Å². The van der Waals surface area contributed by atoms with Gasteiger partial charge in [-0.3, -0.25) is 9.79 Å². The van der Waals surface area contributed by atoms with Gasteiger partial charge in [0, 0.05) is 35.2 Å². The van der Waals surface area contributed by atoms with E-state index in [0.29, 0.717) is 6.42 Å². The lowest BCUT2D eigenvalue weighted by atomic mass is 9.80. The number of ether oxygens (including phenoxy) is 2. The Bertz CT molecular complexity index is 1370. The zero-order chi connectivity index (χ0) is 25.7. The molecule has 0 saturated carbocycles. The van der Waals surface area contributed by atoms with Gasteiger partial charge in [0.05, 0.1) is 18.4 Å².